The molecule has 13 aromatic carbocycles. The van der Waals surface area contributed by atoms with E-state index in [9.17, 15) is 0 Å². The van der Waals surface area contributed by atoms with Gasteiger partial charge in [0.15, 0.2) is 0 Å². The van der Waals surface area contributed by atoms with Crippen molar-refractivity contribution in [3.63, 3.8) is 0 Å². The van der Waals surface area contributed by atoms with E-state index in [0.717, 1.165) is 17.1 Å². The van der Waals surface area contributed by atoms with Gasteiger partial charge in [-0.1, -0.05) is 212 Å². The molecule has 0 saturated carbocycles. The van der Waals surface area contributed by atoms with Gasteiger partial charge in [0.2, 0.25) is 0 Å². The van der Waals surface area contributed by atoms with Crippen molar-refractivity contribution >= 4 is 92.7 Å². The molecule has 14 aromatic rings. The molecule has 2 nitrogen and oxygen atoms in total. The second kappa shape index (κ2) is 16.2. The van der Waals surface area contributed by atoms with Crippen LogP contribution in [0, 0.1) is 0 Å². The average molecular weight is 889 g/mol. The smallest absolute Gasteiger partial charge is 0.0547 e. The summed E-state index contributed by atoms with van der Waals surface area (Å²) in [5.41, 5.74) is 14.1. The third-order valence-electron chi connectivity index (χ3n) is 14.6. The van der Waals surface area contributed by atoms with E-state index in [-0.39, 0.29) is 0 Å². The lowest BCUT2D eigenvalue weighted by Crippen LogP contribution is -2.10. The highest BCUT2D eigenvalue weighted by Gasteiger charge is 2.20. The average Bonchev–Trinajstić information content (AvgIpc) is 3.78. The molecule has 1 aromatic heterocycles. The molecule has 0 saturated heterocycles. The third-order valence-corrected chi connectivity index (χ3v) is 14.6. The molecule has 0 atom stereocenters. The first kappa shape index (κ1) is 39.9. The zero-order valence-corrected chi connectivity index (χ0v) is 38.3. The second-order valence-corrected chi connectivity index (χ2v) is 18.4. The van der Waals surface area contributed by atoms with Crippen LogP contribution in [0.25, 0.3) is 115 Å². The molecule has 326 valence electrons. The van der Waals surface area contributed by atoms with E-state index >= 15 is 0 Å². The molecule has 2 heteroatoms. The minimum Gasteiger partial charge on any atom is -0.310 e. The second-order valence-electron chi connectivity index (χ2n) is 18.4. The van der Waals surface area contributed by atoms with Gasteiger partial charge >= 0.3 is 0 Å². The van der Waals surface area contributed by atoms with Gasteiger partial charge in [0.25, 0.3) is 0 Å². The summed E-state index contributed by atoms with van der Waals surface area (Å²) in [7, 11) is 0. The van der Waals surface area contributed by atoms with Crippen LogP contribution in [-0.4, -0.2) is 4.57 Å². The van der Waals surface area contributed by atoms with Gasteiger partial charge in [-0.2, -0.15) is 0 Å². The number of rotatable bonds is 7. The molecule has 70 heavy (non-hydrogen) atoms. The van der Waals surface area contributed by atoms with E-state index in [4.69, 9.17) is 0 Å². The molecule has 0 aliphatic carbocycles. The Bertz CT molecular complexity index is 4300. The molecule has 0 fully saturated rings. The highest BCUT2D eigenvalue weighted by molar-refractivity contribution is 6.26. The fourth-order valence-corrected chi connectivity index (χ4v) is 11.4. The summed E-state index contributed by atoms with van der Waals surface area (Å²) < 4.78 is 2.46. The minimum atomic E-state index is 1.09. The van der Waals surface area contributed by atoms with Crippen molar-refractivity contribution in [2.45, 2.75) is 0 Å². The Morgan fingerprint density at radius 3 is 1.37 bits per heavy atom. The monoisotopic (exact) mass is 888 g/mol. The minimum absolute atomic E-state index is 1.09. The summed E-state index contributed by atoms with van der Waals surface area (Å²) in [6.07, 6.45) is 0. The lowest BCUT2D eigenvalue weighted by Gasteiger charge is -2.27. The van der Waals surface area contributed by atoms with Crippen molar-refractivity contribution in [2.24, 2.45) is 0 Å². The molecule has 0 amide bonds. The molecule has 14 rings (SSSR count). The van der Waals surface area contributed by atoms with E-state index in [2.05, 4.69) is 276 Å². The first-order valence-electron chi connectivity index (χ1n) is 24.2. The zero-order chi connectivity index (χ0) is 46.1. The lowest BCUT2D eigenvalue weighted by atomic mass is 9.93. The Balaban J connectivity index is 0.910. The molecule has 0 aliphatic rings. The largest absolute Gasteiger partial charge is 0.310 e. The van der Waals surface area contributed by atoms with Crippen LogP contribution in [0.5, 0.6) is 0 Å². The maximum Gasteiger partial charge on any atom is 0.0547 e. The van der Waals surface area contributed by atoms with Crippen LogP contribution in [0.4, 0.5) is 17.1 Å². The van der Waals surface area contributed by atoms with E-state index in [1.54, 1.807) is 0 Å². The van der Waals surface area contributed by atoms with Gasteiger partial charge in [0, 0.05) is 33.2 Å². The Hall–Kier alpha value is -9.24. The van der Waals surface area contributed by atoms with Gasteiger partial charge in [-0.05, 0) is 136 Å². The Labute approximate surface area is 406 Å². The van der Waals surface area contributed by atoms with Crippen LogP contribution in [-0.2, 0) is 0 Å². The Morgan fingerprint density at radius 2 is 0.714 bits per heavy atom. The molecule has 0 bridgehead atoms. The van der Waals surface area contributed by atoms with E-state index in [1.807, 2.05) is 0 Å². The van der Waals surface area contributed by atoms with Crippen LogP contribution in [0.1, 0.15) is 0 Å². The van der Waals surface area contributed by atoms with Gasteiger partial charge in [-0.15, -0.1) is 0 Å². The van der Waals surface area contributed by atoms with Crippen LogP contribution in [0.3, 0.4) is 0 Å². The van der Waals surface area contributed by atoms with Crippen molar-refractivity contribution < 1.29 is 0 Å². The van der Waals surface area contributed by atoms with Crippen molar-refractivity contribution in [2.75, 3.05) is 4.90 Å². The maximum atomic E-state index is 2.46. The number of hydrogen-bond donors (Lipinski definition) is 0. The maximum absolute atomic E-state index is 2.46. The van der Waals surface area contributed by atoms with Gasteiger partial charge in [0.05, 0.1) is 16.7 Å². The predicted molar refractivity (Wildman–Crippen MR) is 299 cm³/mol. The fourth-order valence-electron chi connectivity index (χ4n) is 11.4. The molecule has 0 aliphatic heterocycles. The molecule has 1 heterocycles. The van der Waals surface area contributed by atoms with Gasteiger partial charge in [0.1, 0.15) is 0 Å². The highest BCUT2D eigenvalue weighted by atomic mass is 15.1. The van der Waals surface area contributed by atoms with Crippen LogP contribution < -0.4 is 4.90 Å². The first-order chi connectivity index (χ1) is 34.7. The molecule has 0 N–H and O–H groups in total. The van der Waals surface area contributed by atoms with Gasteiger partial charge in [-0.25, -0.2) is 0 Å². The van der Waals surface area contributed by atoms with Gasteiger partial charge in [-0.3, -0.25) is 0 Å². The summed E-state index contributed by atoms with van der Waals surface area (Å²) >= 11 is 0. The highest BCUT2D eigenvalue weighted by Crippen LogP contribution is 2.44. The molecular formula is C68H44N2. The van der Waals surface area contributed by atoms with E-state index < -0.39 is 0 Å². The number of hydrogen-bond acceptors (Lipinski definition) is 1. The summed E-state index contributed by atoms with van der Waals surface area (Å²) in [4.78, 5) is 2.41. The number of anilines is 3. The Morgan fingerprint density at radius 1 is 0.243 bits per heavy atom. The fraction of sp³-hybridized carbons (Fsp3) is 0. The summed E-state index contributed by atoms with van der Waals surface area (Å²) in [6.45, 7) is 0. The lowest BCUT2D eigenvalue weighted by molar-refractivity contribution is 1.20. The topological polar surface area (TPSA) is 8.17 Å². The van der Waals surface area contributed by atoms with Crippen molar-refractivity contribution in [1.82, 2.24) is 4.57 Å². The SMILES string of the molecule is c1ccc(-c2ccccc2-c2ccc(N(c3ccc(-c4ccc(-n5c6ccccc6c6c7ccccc7ccc65)c5ccccc45)cc3)c3ccc4c5ccccc5c5ccccc5c4c3)cc2)cc1. The summed E-state index contributed by atoms with van der Waals surface area (Å²) in [5.74, 6) is 0. The normalized spacial score (nSPS) is 11.7. The zero-order valence-electron chi connectivity index (χ0n) is 38.3. The number of aromatic nitrogens is 1. The molecular weight excluding hydrogens is 845 g/mol. The number of nitrogens with zero attached hydrogens (tertiary/aromatic N) is 2. The van der Waals surface area contributed by atoms with Crippen molar-refractivity contribution in [1.29, 1.82) is 0 Å². The Kier molecular flexibility index (Phi) is 9.25. The van der Waals surface area contributed by atoms with Crippen molar-refractivity contribution in [3.05, 3.63) is 267 Å². The van der Waals surface area contributed by atoms with Crippen LogP contribution in [0.15, 0.2) is 267 Å². The molecule has 0 radical (unpaired) electrons. The van der Waals surface area contributed by atoms with Crippen LogP contribution >= 0.6 is 0 Å². The van der Waals surface area contributed by atoms with E-state index in [1.165, 1.54) is 115 Å². The summed E-state index contributed by atoms with van der Waals surface area (Å²) in [5, 5.41) is 15.1. The van der Waals surface area contributed by atoms with Crippen LogP contribution in [0.2, 0.25) is 0 Å². The standard InChI is InChI=1S/C68H44N2/c1-2-16-45(17-3-1)52-19-6-7-20-53(52)47-30-35-49(36-31-47)69(51-39-40-61-59-25-9-8-23-57(59)58-24-10-11-26-60(58)64(61)44-51)50-37-32-48(33-38-50)54-41-43-66(62-27-13-12-22-56(54)62)70-65-29-15-14-28-63(65)68-55-21-5-4-18-46(55)34-42-67(68)70/h1-44H. The first-order valence-corrected chi connectivity index (χ1v) is 24.2. The van der Waals surface area contributed by atoms with Gasteiger partial charge < -0.3 is 9.47 Å². The number of fused-ring (bicyclic) bond motifs is 12. The molecule has 0 spiro atoms. The summed E-state index contributed by atoms with van der Waals surface area (Å²) in [6, 6.07) is 98.0. The third kappa shape index (κ3) is 6.35. The quantitative estimate of drug-likeness (QED) is 0.145. The predicted octanol–water partition coefficient (Wildman–Crippen LogP) is 19.0. The molecule has 0 unspecified atom stereocenters. The van der Waals surface area contributed by atoms with E-state index in [0.29, 0.717) is 0 Å². The number of benzene rings is 13. The number of para-hydroxylation sites is 1. The van der Waals surface area contributed by atoms with Crippen molar-refractivity contribution in [3.8, 4) is 39.1 Å².